The summed E-state index contributed by atoms with van der Waals surface area (Å²) in [6.45, 7) is 0.297. The lowest BCUT2D eigenvalue weighted by molar-refractivity contribution is 0.130. The Labute approximate surface area is 101 Å². The summed E-state index contributed by atoms with van der Waals surface area (Å²) in [6.07, 6.45) is 3.69. The van der Waals surface area contributed by atoms with Gasteiger partial charge in [-0.05, 0) is 25.0 Å². The second-order valence-electron chi connectivity index (χ2n) is 4.64. The zero-order chi connectivity index (χ0) is 12.1. The van der Waals surface area contributed by atoms with E-state index in [2.05, 4.69) is 5.32 Å². The predicted octanol–water partition coefficient (Wildman–Crippen LogP) is 2.51. The molecule has 1 saturated carbocycles. The van der Waals surface area contributed by atoms with Crippen molar-refractivity contribution in [2.75, 3.05) is 11.9 Å². The Bertz CT molecular complexity index is 372. The SMILES string of the molecule is NC1(COC(=O)Nc2ccccc2)CCCC1. The van der Waals surface area contributed by atoms with Gasteiger partial charge in [-0.25, -0.2) is 4.79 Å². The van der Waals surface area contributed by atoms with Crippen molar-refractivity contribution in [3.63, 3.8) is 0 Å². The summed E-state index contributed by atoms with van der Waals surface area (Å²) < 4.78 is 5.16. The third-order valence-electron chi connectivity index (χ3n) is 3.11. The van der Waals surface area contributed by atoms with Gasteiger partial charge in [0.25, 0.3) is 0 Å². The van der Waals surface area contributed by atoms with E-state index in [9.17, 15) is 4.79 Å². The van der Waals surface area contributed by atoms with Crippen LogP contribution in [0.5, 0.6) is 0 Å². The van der Waals surface area contributed by atoms with Gasteiger partial charge in [0.2, 0.25) is 0 Å². The van der Waals surface area contributed by atoms with Crippen LogP contribution in [-0.4, -0.2) is 18.2 Å². The zero-order valence-electron chi connectivity index (χ0n) is 9.82. The van der Waals surface area contributed by atoms with E-state index in [1.807, 2.05) is 30.3 Å². The van der Waals surface area contributed by atoms with Gasteiger partial charge in [-0.2, -0.15) is 0 Å². The molecule has 0 heterocycles. The molecule has 1 aliphatic rings. The van der Waals surface area contributed by atoms with Gasteiger partial charge in [0.1, 0.15) is 6.61 Å². The molecule has 0 spiro atoms. The van der Waals surface area contributed by atoms with Crippen LogP contribution in [0.3, 0.4) is 0 Å². The quantitative estimate of drug-likeness (QED) is 0.844. The van der Waals surface area contributed by atoms with Crippen LogP contribution in [-0.2, 0) is 4.74 Å². The Kier molecular flexibility index (Phi) is 3.64. The van der Waals surface area contributed by atoms with E-state index >= 15 is 0 Å². The van der Waals surface area contributed by atoms with Crippen molar-refractivity contribution in [2.24, 2.45) is 5.73 Å². The number of nitrogens with one attached hydrogen (secondary N) is 1. The van der Waals surface area contributed by atoms with Crippen LogP contribution in [0, 0.1) is 0 Å². The van der Waals surface area contributed by atoms with E-state index in [1.165, 1.54) is 0 Å². The molecule has 0 atom stereocenters. The van der Waals surface area contributed by atoms with Gasteiger partial charge in [-0.1, -0.05) is 31.0 Å². The van der Waals surface area contributed by atoms with Gasteiger partial charge in [0.15, 0.2) is 0 Å². The number of carbonyl (C=O) groups excluding carboxylic acids is 1. The highest BCUT2D eigenvalue weighted by Gasteiger charge is 2.30. The monoisotopic (exact) mass is 234 g/mol. The van der Waals surface area contributed by atoms with Crippen molar-refractivity contribution in [1.29, 1.82) is 0 Å². The summed E-state index contributed by atoms with van der Waals surface area (Å²) in [7, 11) is 0. The molecule has 4 heteroatoms. The number of ether oxygens (including phenoxy) is 1. The molecular weight excluding hydrogens is 216 g/mol. The maximum Gasteiger partial charge on any atom is 0.411 e. The first-order chi connectivity index (χ1) is 8.18. The smallest absolute Gasteiger partial charge is 0.411 e. The summed E-state index contributed by atoms with van der Waals surface area (Å²) in [5, 5.41) is 2.67. The number of hydrogen-bond acceptors (Lipinski definition) is 3. The second kappa shape index (κ2) is 5.19. The van der Waals surface area contributed by atoms with Crippen LogP contribution in [0.2, 0.25) is 0 Å². The van der Waals surface area contributed by atoms with Crippen molar-refractivity contribution < 1.29 is 9.53 Å². The summed E-state index contributed by atoms with van der Waals surface area (Å²) >= 11 is 0. The van der Waals surface area contributed by atoms with Gasteiger partial charge >= 0.3 is 6.09 Å². The average molecular weight is 234 g/mol. The maximum atomic E-state index is 11.5. The number of carbonyl (C=O) groups is 1. The molecule has 92 valence electrons. The average Bonchev–Trinajstić information content (AvgIpc) is 2.76. The first-order valence-electron chi connectivity index (χ1n) is 5.96. The lowest BCUT2D eigenvalue weighted by Gasteiger charge is -2.22. The Morgan fingerprint density at radius 2 is 1.94 bits per heavy atom. The molecule has 1 aliphatic carbocycles. The van der Waals surface area contributed by atoms with E-state index in [0.29, 0.717) is 6.61 Å². The van der Waals surface area contributed by atoms with Gasteiger partial charge in [0, 0.05) is 5.69 Å². The topological polar surface area (TPSA) is 64.3 Å². The standard InChI is InChI=1S/C13H18N2O2/c14-13(8-4-5-9-13)10-17-12(16)15-11-6-2-1-3-7-11/h1-3,6-7H,4-5,8-10,14H2,(H,15,16). The van der Waals surface area contributed by atoms with E-state index < -0.39 is 6.09 Å². The first kappa shape index (κ1) is 11.9. The normalized spacial score (nSPS) is 17.7. The predicted molar refractivity (Wildman–Crippen MR) is 66.8 cm³/mol. The van der Waals surface area contributed by atoms with Crippen LogP contribution in [0.4, 0.5) is 10.5 Å². The van der Waals surface area contributed by atoms with Crippen LogP contribution >= 0.6 is 0 Å². The molecule has 0 radical (unpaired) electrons. The summed E-state index contributed by atoms with van der Waals surface area (Å²) in [5.74, 6) is 0. The highest BCUT2D eigenvalue weighted by atomic mass is 16.5. The minimum Gasteiger partial charge on any atom is -0.447 e. The summed E-state index contributed by atoms with van der Waals surface area (Å²) in [5.41, 5.74) is 6.52. The molecule has 17 heavy (non-hydrogen) atoms. The van der Waals surface area contributed by atoms with Crippen LogP contribution < -0.4 is 11.1 Å². The molecule has 0 aromatic heterocycles. The summed E-state index contributed by atoms with van der Waals surface area (Å²) in [6, 6.07) is 9.24. The molecule has 1 aromatic carbocycles. The lowest BCUT2D eigenvalue weighted by Crippen LogP contribution is -2.42. The van der Waals surface area contributed by atoms with E-state index in [-0.39, 0.29) is 5.54 Å². The summed E-state index contributed by atoms with van der Waals surface area (Å²) in [4.78, 5) is 11.5. The highest BCUT2D eigenvalue weighted by molar-refractivity contribution is 5.84. The van der Waals surface area contributed by atoms with Crippen molar-refractivity contribution in [3.05, 3.63) is 30.3 Å². The molecule has 0 unspecified atom stereocenters. The fraction of sp³-hybridized carbons (Fsp3) is 0.462. The number of anilines is 1. The van der Waals surface area contributed by atoms with Crippen LogP contribution in [0.15, 0.2) is 30.3 Å². The number of nitrogens with two attached hydrogens (primary N) is 1. The second-order valence-corrected chi connectivity index (χ2v) is 4.64. The van der Waals surface area contributed by atoms with Crippen molar-refractivity contribution in [3.8, 4) is 0 Å². The number of benzene rings is 1. The largest absolute Gasteiger partial charge is 0.447 e. The number of hydrogen-bond donors (Lipinski definition) is 2. The van der Waals surface area contributed by atoms with E-state index in [0.717, 1.165) is 31.4 Å². The van der Waals surface area contributed by atoms with Gasteiger partial charge in [-0.15, -0.1) is 0 Å². The minimum atomic E-state index is -0.437. The van der Waals surface area contributed by atoms with Gasteiger partial charge in [-0.3, -0.25) is 5.32 Å². The number of amides is 1. The molecule has 1 aromatic rings. The minimum absolute atomic E-state index is 0.297. The molecule has 3 N–H and O–H groups in total. The molecule has 0 bridgehead atoms. The van der Waals surface area contributed by atoms with Gasteiger partial charge in [0.05, 0.1) is 5.54 Å². The fourth-order valence-electron chi connectivity index (χ4n) is 2.11. The molecule has 0 aliphatic heterocycles. The van der Waals surface area contributed by atoms with Crippen LogP contribution in [0.25, 0.3) is 0 Å². The molecule has 2 rings (SSSR count). The fourth-order valence-corrected chi connectivity index (χ4v) is 2.11. The molecule has 4 nitrogen and oxygen atoms in total. The molecular formula is C13H18N2O2. The Balaban J connectivity index is 1.78. The first-order valence-corrected chi connectivity index (χ1v) is 5.96. The Morgan fingerprint density at radius 1 is 1.29 bits per heavy atom. The highest BCUT2D eigenvalue weighted by Crippen LogP contribution is 2.27. The third-order valence-corrected chi connectivity index (χ3v) is 3.11. The lowest BCUT2D eigenvalue weighted by atomic mass is 10.0. The molecule has 1 amide bonds. The van der Waals surface area contributed by atoms with E-state index in [1.54, 1.807) is 0 Å². The third kappa shape index (κ3) is 3.46. The van der Waals surface area contributed by atoms with Gasteiger partial charge < -0.3 is 10.5 Å². The number of para-hydroxylation sites is 1. The van der Waals surface area contributed by atoms with Crippen molar-refractivity contribution in [2.45, 2.75) is 31.2 Å². The zero-order valence-corrected chi connectivity index (χ0v) is 9.82. The maximum absolute atomic E-state index is 11.5. The van der Waals surface area contributed by atoms with Crippen LogP contribution in [0.1, 0.15) is 25.7 Å². The Morgan fingerprint density at radius 3 is 2.59 bits per heavy atom. The van der Waals surface area contributed by atoms with E-state index in [4.69, 9.17) is 10.5 Å². The van der Waals surface area contributed by atoms with Crippen molar-refractivity contribution >= 4 is 11.8 Å². The number of rotatable bonds is 3. The molecule has 0 saturated heterocycles. The van der Waals surface area contributed by atoms with Crippen molar-refractivity contribution in [1.82, 2.24) is 0 Å². The Hall–Kier alpha value is -1.55. The molecule has 1 fully saturated rings.